The minimum atomic E-state index is -4.56. The lowest BCUT2D eigenvalue weighted by atomic mass is 10.1. The van der Waals surface area contributed by atoms with Gasteiger partial charge >= 0.3 is 6.18 Å². The molecule has 0 amide bonds. The molecule has 4 nitrogen and oxygen atoms in total. The summed E-state index contributed by atoms with van der Waals surface area (Å²) in [6.07, 6.45) is -4.56. The smallest absolute Gasteiger partial charge is 0.399 e. The maximum absolute atomic E-state index is 12.7. The molecule has 8 heteroatoms. The number of oxime groups is 1. The number of nitrogens with zero attached hydrogens (tertiary/aromatic N) is 1. The number of hydrogen-bond acceptors (Lipinski definition) is 4. The zero-order valence-corrected chi connectivity index (χ0v) is 10.8. The van der Waals surface area contributed by atoms with Crippen molar-refractivity contribution in [3.05, 3.63) is 24.3 Å². The predicted octanol–water partition coefficient (Wildman–Crippen LogP) is 2.71. The lowest BCUT2D eigenvalue weighted by molar-refractivity contribution is -0.150. The normalized spacial score (nSPS) is 14.2. The first kappa shape index (κ1) is 15.5. The summed E-state index contributed by atoms with van der Waals surface area (Å²) in [5, 5.41) is 10.8. The van der Waals surface area contributed by atoms with Gasteiger partial charge in [0.25, 0.3) is 0 Å². The highest BCUT2D eigenvalue weighted by molar-refractivity contribution is 7.99. The summed E-state index contributed by atoms with van der Waals surface area (Å²) in [5.41, 5.74) is 5.07. The Labute approximate surface area is 112 Å². The van der Waals surface area contributed by atoms with Crippen molar-refractivity contribution in [2.24, 2.45) is 16.8 Å². The van der Waals surface area contributed by atoms with Crippen LogP contribution >= 0.6 is 11.8 Å². The minimum Gasteiger partial charge on any atom is -0.496 e. The van der Waals surface area contributed by atoms with E-state index in [9.17, 15) is 13.2 Å². The largest absolute Gasteiger partial charge is 0.496 e. The number of halogens is 3. The SMILES string of the molecule is COc1ccccc1SCC(/C(N)=N/O)C(F)(F)F. The summed E-state index contributed by atoms with van der Waals surface area (Å²) in [6, 6.07) is 6.70. The van der Waals surface area contributed by atoms with Crippen molar-refractivity contribution in [2.75, 3.05) is 12.9 Å². The number of para-hydroxylation sites is 1. The second-order valence-electron chi connectivity index (χ2n) is 3.58. The van der Waals surface area contributed by atoms with Crippen LogP contribution in [0.25, 0.3) is 0 Å². The minimum absolute atomic E-state index is 0.389. The van der Waals surface area contributed by atoms with Gasteiger partial charge in [0.1, 0.15) is 11.7 Å². The van der Waals surface area contributed by atoms with Crippen LogP contribution in [0.3, 0.4) is 0 Å². The van der Waals surface area contributed by atoms with Crippen LogP contribution in [0, 0.1) is 5.92 Å². The van der Waals surface area contributed by atoms with Gasteiger partial charge in [-0.3, -0.25) is 0 Å². The van der Waals surface area contributed by atoms with E-state index in [-0.39, 0.29) is 5.75 Å². The lowest BCUT2D eigenvalue weighted by Gasteiger charge is -2.18. The van der Waals surface area contributed by atoms with Crippen molar-refractivity contribution in [2.45, 2.75) is 11.1 Å². The molecular formula is C11H13F3N2O2S. The predicted molar refractivity (Wildman–Crippen MR) is 66.7 cm³/mol. The van der Waals surface area contributed by atoms with E-state index in [0.717, 1.165) is 11.8 Å². The Morgan fingerprint density at radius 2 is 2.11 bits per heavy atom. The average molecular weight is 294 g/mol. The molecule has 1 rings (SSSR count). The van der Waals surface area contributed by atoms with Crippen LogP contribution in [-0.2, 0) is 0 Å². The van der Waals surface area contributed by atoms with Crippen LogP contribution in [-0.4, -0.2) is 30.1 Å². The molecule has 0 spiro atoms. The van der Waals surface area contributed by atoms with Crippen LogP contribution in [0.15, 0.2) is 34.3 Å². The number of methoxy groups -OCH3 is 1. The molecule has 1 aromatic rings. The zero-order valence-electron chi connectivity index (χ0n) is 10.0. The second-order valence-corrected chi connectivity index (χ2v) is 4.64. The first-order valence-electron chi connectivity index (χ1n) is 5.20. The van der Waals surface area contributed by atoms with Gasteiger partial charge in [-0.25, -0.2) is 0 Å². The number of ether oxygens (including phenoxy) is 1. The van der Waals surface area contributed by atoms with Gasteiger partial charge in [-0.15, -0.1) is 11.8 Å². The monoisotopic (exact) mass is 294 g/mol. The number of nitrogens with two attached hydrogens (primary N) is 1. The van der Waals surface area contributed by atoms with Crippen LogP contribution in [0.1, 0.15) is 0 Å². The van der Waals surface area contributed by atoms with Gasteiger partial charge in [-0.1, -0.05) is 17.3 Å². The fourth-order valence-corrected chi connectivity index (χ4v) is 2.50. The Kier molecular flexibility index (Phi) is 5.34. The van der Waals surface area contributed by atoms with Crippen LogP contribution in [0.5, 0.6) is 5.75 Å². The summed E-state index contributed by atoms with van der Waals surface area (Å²) < 4.78 is 43.2. The van der Waals surface area contributed by atoms with Gasteiger partial charge in [0.05, 0.1) is 7.11 Å². The third kappa shape index (κ3) is 4.23. The second kappa shape index (κ2) is 6.55. The molecule has 3 N–H and O–H groups in total. The molecule has 0 radical (unpaired) electrons. The van der Waals surface area contributed by atoms with Gasteiger partial charge < -0.3 is 15.7 Å². The maximum Gasteiger partial charge on any atom is 0.399 e. The highest BCUT2D eigenvalue weighted by Gasteiger charge is 2.42. The van der Waals surface area contributed by atoms with Crippen LogP contribution in [0.2, 0.25) is 0 Å². The maximum atomic E-state index is 12.7. The Balaban J connectivity index is 2.82. The number of hydrogen-bond donors (Lipinski definition) is 2. The van der Waals surface area contributed by atoms with Gasteiger partial charge in [0.15, 0.2) is 5.84 Å². The summed E-state index contributed by atoms with van der Waals surface area (Å²) in [6.45, 7) is 0. The first-order valence-corrected chi connectivity index (χ1v) is 6.18. The number of amidine groups is 1. The van der Waals surface area contributed by atoms with Crippen molar-refractivity contribution in [3.63, 3.8) is 0 Å². The molecule has 0 saturated heterocycles. The van der Waals surface area contributed by atoms with E-state index in [1.54, 1.807) is 24.3 Å². The van der Waals surface area contributed by atoms with E-state index in [0.29, 0.717) is 10.6 Å². The lowest BCUT2D eigenvalue weighted by Crippen LogP contribution is -2.37. The van der Waals surface area contributed by atoms with Crippen molar-refractivity contribution >= 4 is 17.6 Å². The topological polar surface area (TPSA) is 67.8 Å². The fraction of sp³-hybridized carbons (Fsp3) is 0.364. The molecule has 106 valence electrons. The summed E-state index contributed by atoms with van der Waals surface area (Å²) in [5.74, 6) is -2.77. The third-order valence-corrected chi connectivity index (χ3v) is 3.49. The van der Waals surface area contributed by atoms with Crippen LogP contribution in [0.4, 0.5) is 13.2 Å². The third-order valence-electron chi connectivity index (χ3n) is 2.34. The molecule has 0 aliphatic heterocycles. The van der Waals surface area contributed by atoms with Gasteiger partial charge in [-0.05, 0) is 12.1 Å². The summed E-state index contributed by atoms with van der Waals surface area (Å²) >= 11 is 0.933. The molecule has 1 aromatic carbocycles. The quantitative estimate of drug-likeness (QED) is 0.288. The van der Waals surface area contributed by atoms with E-state index in [1.807, 2.05) is 0 Å². The van der Waals surface area contributed by atoms with E-state index >= 15 is 0 Å². The Hall–Kier alpha value is -1.57. The number of benzene rings is 1. The molecular weight excluding hydrogens is 281 g/mol. The van der Waals surface area contributed by atoms with Crippen molar-refractivity contribution < 1.29 is 23.1 Å². The highest BCUT2D eigenvalue weighted by atomic mass is 32.2. The molecule has 0 saturated carbocycles. The highest BCUT2D eigenvalue weighted by Crippen LogP contribution is 2.35. The summed E-state index contributed by atoms with van der Waals surface area (Å²) in [4.78, 5) is 0.560. The molecule has 0 bridgehead atoms. The molecule has 0 aliphatic carbocycles. The molecule has 0 fully saturated rings. The van der Waals surface area contributed by atoms with Crippen molar-refractivity contribution in [1.29, 1.82) is 0 Å². The molecule has 0 heterocycles. The fourth-order valence-electron chi connectivity index (χ4n) is 1.33. The average Bonchev–Trinajstić information content (AvgIpc) is 2.37. The number of thioether (sulfide) groups is 1. The molecule has 0 aromatic heterocycles. The van der Waals surface area contributed by atoms with E-state index in [1.165, 1.54) is 7.11 Å². The van der Waals surface area contributed by atoms with Gasteiger partial charge in [0, 0.05) is 10.6 Å². The van der Waals surface area contributed by atoms with Crippen LogP contribution < -0.4 is 10.5 Å². The van der Waals surface area contributed by atoms with Gasteiger partial charge in [0.2, 0.25) is 0 Å². The zero-order chi connectivity index (χ0) is 14.5. The molecule has 19 heavy (non-hydrogen) atoms. The molecule has 1 unspecified atom stereocenters. The Morgan fingerprint density at radius 3 is 2.63 bits per heavy atom. The van der Waals surface area contributed by atoms with Gasteiger partial charge in [-0.2, -0.15) is 13.2 Å². The van der Waals surface area contributed by atoms with E-state index < -0.39 is 17.9 Å². The number of rotatable bonds is 5. The molecule has 1 atom stereocenters. The first-order chi connectivity index (χ1) is 8.90. The number of alkyl halides is 3. The Bertz CT molecular complexity index is 452. The van der Waals surface area contributed by atoms with Crippen molar-refractivity contribution in [1.82, 2.24) is 0 Å². The molecule has 0 aliphatic rings. The van der Waals surface area contributed by atoms with E-state index in [2.05, 4.69) is 5.16 Å². The Morgan fingerprint density at radius 1 is 1.47 bits per heavy atom. The standard InChI is InChI=1S/C11H13F3N2O2S/c1-18-8-4-2-3-5-9(8)19-6-7(10(15)16-17)11(12,13)14/h2-5,7,17H,6H2,1H3,(H2,15,16). The van der Waals surface area contributed by atoms with E-state index in [4.69, 9.17) is 15.7 Å². The van der Waals surface area contributed by atoms with Crippen molar-refractivity contribution in [3.8, 4) is 5.75 Å². The summed E-state index contributed by atoms with van der Waals surface area (Å²) in [7, 11) is 1.43.